The average Bonchev–Trinajstić information content (AvgIpc) is 2.74. The average molecular weight is 455 g/mol. The zero-order valence-corrected chi connectivity index (χ0v) is 18.1. The number of hydrogen-bond donors (Lipinski definition) is 3. The number of aromatic nitrogens is 2. The molecule has 0 saturated heterocycles. The summed E-state index contributed by atoms with van der Waals surface area (Å²) in [6, 6.07) is 14.6. The molecular formula is C22H19ClN4O3S. The Balaban J connectivity index is 1.56. The fourth-order valence-electron chi connectivity index (χ4n) is 3.24. The van der Waals surface area contributed by atoms with E-state index < -0.39 is 17.4 Å². The molecule has 0 saturated carbocycles. The molecule has 0 spiro atoms. The minimum Gasteiger partial charge on any atom is -0.326 e. The third-order valence-corrected chi connectivity index (χ3v) is 6.05. The van der Waals surface area contributed by atoms with Gasteiger partial charge < -0.3 is 15.6 Å². The van der Waals surface area contributed by atoms with Crippen molar-refractivity contribution in [1.82, 2.24) is 9.97 Å². The van der Waals surface area contributed by atoms with Crippen LogP contribution in [0.1, 0.15) is 29.0 Å². The second-order valence-electron chi connectivity index (χ2n) is 7.21. The number of halogens is 1. The molecule has 158 valence electrons. The summed E-state index contributed by atoms with van der Waals surface area (Å²) in [6.45, 7) is 2.02. The highest BCUT2D eigenvalue weighted by atomic mass is 35.5. The van der Waals surface area contributed by atoms with E-state index >= 15 is 0 Å². The zero-order valence-electron chi connectivity index (χ0n) is 16.6. The molecule has 7 nitrogen and oxygen atoms in total. The predicted molar refractivity (Wildman–Crippen MR) is 122 cm³/mol. The van der Waals surface area contributed by atoms with Gasteiger partial charge in [-0.15, -0.1) is 0 Å². The Morgan fingerprint density at radius 3 is 2.58 bits per heavy atom. The minimum atomic E-state index is -0.938. The van der Waals surface area contributed by atoms with Gasteiger partial charge in [0.05, 0.1) is 11.5 Å². The van der Waals surface area contributed by atoms with Gasteiger partial charge in [0, 0.05) is 22.9 Å². The molecule has 31 heavy (non-hydrogen) atoms. The molecule has 2 heterocycles. The number of carbonyl (C=O) groups is 2. The van der Waals surface area contributed by atoms with Crippen molar-refractivity contribution in [2.24, 2.45) is 0 Å². The molecule has 1 atom stereocenters. The highest BCUT2D eigenvalue weighted by Gasteiger charge is 2.34. The number of hydrogen-bond acceptors (Lipinski definition) is 5. The van der Waals surface area contributed by atoms with E-state index in [1.165, 1.54) is 17.3 Å². The third-order valence-electron chi connectivity index (χ3n) is 4.85. The van der Waals surface area contributed by atoms with Gasteiger partial charge in [0.15, 0.2) is 5.16 Å². The quantitative estimate of drug-likeness (QED) is 0.398. The van der Waals surface area contributed by atoms with Crippen LogP contribution in [0, 0.1) is 6.92 Å². The monoisotopic (exact) mass is 454 g/mol. The van der Waals surface area contributed by atoms with Gasteiger partial charge in [0.1, 0.15) is 5.82 Å². The molecule has 1 aromatic heterocycles. The largest absolute Gasteiger partial charge is 0.326 e. The summed E-state index contributed by atoms with van der Waals surface area (Å²) in [4.78, 5) is 45.0. The predicted octanol–water partition coefficient (Wildman–Crippen LogP) is 4.09. The van der Waals surface area contributed by atoms with Crippen LogP contribution in [0.3, 0.4) is 0 Å². The van der Waals surface area contributed by atoms with Crippen molar-refractivity contribution < 1.29 is 9.59 Å². The second-order valence-corrected chi connectivity index (χ2v) is 8.61. The Morgan fingerprint density at radius 1 is 1.16 bits per heavy atom. The molecule has 4 rings (SSSR count). The summed E-state index contributed by atoms with van der Waals surface area (Å²) in [5, 5.41) is 6.27. The molecule has 2 aromatic carbocycles. The van der Waals surface area contributed by atoms with Crippen LogP contribution in [0.15, 0.2) is 58.5 Å². The molecule has 0 aliphatic carbocycles. The lowest BCUT2D eigenvalue weighted by atomic mass is 9.92. The molecular weight excluding hydrogens is 436 g/mol. The van der Waals surface area contributed by atoms with Crippen LogP contribution in [-0.2, 0) is 15.3 Å². The van der Waals surface area contributed by atoms with Gasteiger partial charge in [-0.3, -0.25) is 14.4 Å². The van der Waals surface area contributed by atoms with Crippen molar-refractivity contribution in [1.29, 1.82) is 0 Å². The Kier molecular flexibility index (Phi) is 6.11. The van der Waals surface area contributed by atoms with Crippen LogP contribution in [0.5, 0.6) is 0 Å². The first-order valence-corrected chi connectivity index (χ1v) is 10.9. The Hall–Kier alpha value is -3.10. The number of aromatic amines is 1. The van der Waals surface area contributed by atoms with E-state index in [4.69, 9.17) is 11.6 Å². The third kappa shape index (κ3) is 4.98. The number of fused-ring (bicyclic) bond motifs is 1. The molecule has 3 N–H and O–H groups in total. The Labute approximate surface area is 187 Å². The topological polar surface area (TPSA) is 104 Å². The molecule has 1 aliphatic rings. The standard InChI is InChI=1S/C22H19ClN4O3S/c1-12-2-4-13(5-3-12)11-31-22-26-19-18(21(30)27-22)16(10-17(28)25-19)20(29)24-15-8-6-14(23)7-9-15/h2-9,16H,10-11H2,1H3,(H,24,29)(H2,25,26,27,28,30). The number of anilines is 2. The maximum Gasteiger partial charge on any atom is 0.257 e. The van der Waals surface area contributed by atoms with Crippen LogP contribution in [0.2, 0.25) is 5.02 Å². The lowest BCUT2D eigenvalue weighted by Crippen LogP contribution is -2.36. The van der Waals surface area contributed by atoms with Crippen LogP contribution < -0.4 is 16.2 Å². The van der Waals surface area contributed by atoms with Crippen LogP contribution in [0.25, 0.3) is 0 Å². The molecule has 9 heteroatoms. The first kappa shape index (κ1) is 21.1. The fourth-order valence-corrected chi connectivity index (χ4v) is 4.18. The second kappa shape index (κ2) is 8.95. The molecule has 1 aliphatic heterocycles. The normalized spacial score (nSPS) is 15.2. The van der Waals surface area contributed by atoms with Crippen molar-refractivity contribution in [3.8, 4) is 0 Å². The smallest absolute Gasteiger partial charge is 0.257 e. The molecule has 0 radical (unpaired) electrons. The van der Waals surface area contributed by atoms with Crippen LogP contribution in [0.4, 0.5) is 11.5 Å². The first-order chi connectivity index (χ1) is 14.9. The molecule has 1 unspecified atom stereocenters. The van der Waals surface area contributed by atoms with Gasteiger partial charge in [-0.2, -0.15) is 0 Å². The maximum absolute atomic E-state index is 12.8. The number of rotatable bonds is 5. The van der Waals surface area contributed by atoms with E-state index in [2.05, 4.69) is 20.6 Å². The Bertz CT molecular complexity index is 1190. The van der Waals surface area contributed by atoms with Gasteiger partial charge >= 0.3 is 0 Å². The van der Waals surface area contributed by atoms with E-state index in [9.17, 15) is 14.4 Å². The highest BCUT2D eigenvalue weighted by Crippen LogP contribution is 2.31. The van der Waals surface area contributed by atoms with Gasteiger partial charge in [0.25, 0.3) is 5.56 Å². The lowest BCUT2D eigenvalue weighted by molar-refractivity contribution is -0.123. The highest BCUT2D eigenvalue weighted by molar-refractivity contribution is 7.98. The summed E-state index contributed by atoms with van der Waals surface area (Å²) in [6.07, 6.45) is -0.132. The minimum absolute atomic E-state index is 0.127. The fraction of sp³-hybridized carbons (Fsp3) is 0.182. The number of aryl methyl sites for hydroxylation is 1. The van der Waals surface area contributed by atoms with Crippen molar-refractivity contribution in [2.45, 2.75) is 30.2 Å². The number of amides is 2. The number of nitrogens with zero attached hydrogens (tertiary/aromatic N) is 1. The summed E-state index contributed by atoms with van der Waals surface area (Å²) in [7, 11) is 0. The molecule has 0 fully saturated rings. The van der Waals surface area contributed by atoms with Gasteiger partial charge in [-0.05, 0) is 36.8 Å². The van der Waals surface area contributed by atoms with Crippen molar-refractivity contribution in [2.75, 3.05) is 10.6 Å². The number of thioether (sulfide) groups is 1. The molecule has 0 bridgehead atoms. The van der Waals surface area contributed by atoms with E-state index in [1.807, 2.05) is 31.2 Å². The number of nitrogens with one attached hydrogen (secondary N) is 3. The van der Waals surface area contributed by atoms with Gasteiger partial charge in [0.2, 0.25) is 11.8 Å². The van der Waals surface area contributed by atoms with E-state index in [0.717, 1.165) is 5.56 Å². The van der Waals surface area contributed by atoms with Gasteiger partial charge in [-0.1, -0.05) is 53.2 Å². The SMILES string of the molecule is Cc1ccc(CSc2nc3c(c(=O)[nH]2)C(C(=O)Nc2ccc(Cl)cc2)CC(=O)N3)cc1. The molecule has 3 aromatic rings. The number of carbonyl (C=O) groups excluding carboxylic acids is 2. The van der Waals surface area contributed by atoms with Crippen molar-refractivity contribution in [3.05, 3.63) is 80.6 Å². The van der Waals surface area contributed by atoms with E-state index in [0.29, 0.717) is 21.6 Å². The number of benzene rings is 2. The maximum atomic E-state index is 12.8. The summed E-state index contributed by atoms with van der Waals surface area (Å²) in [5.41, 5.74) is 2.50. The lowest BCUT2D eigenvalue weighted by Gasteiger charge is -2.23. The zero-order chi connectivity index (χ0) is 22.0. The first-order valence-electron chi connectivity index (χ1n) is 9.58. The van der Waals surface area contributed by atoms with Crippen LogP contribution in [-0.4, -0.2) is 21.8 Å². The summed E-state index contributed by atoms with van der Waals surface area (Å²) >= 11 is 7.22. The molecule has 2 amide bonds. The van der Waals surface area contributed by atoms with E-state index in [1.54, 1.807) is 24.3 Å². The van der Waals surface area contributed by atoms with Gasteiger partial charge in [-0.25, -0.2) is 4.98 Å². The summed E-state index contributed by atoms with van der Waals surface area (Å²) in [5.74, 6) is -1.02. The summed E-state index contributed by atoms with van der Waals surface area (Å²) < 4.78 is 0. The Morgan fingerprint density at radius 2 is 1.87 bits per heavy atom. The van der Waals surface area contributed by atoms with Crippen molar-refractivity contribution in [3.63, 3.8) is 0 Å². The number of H-pyrrole nitrogens is 1. The van der Waals surface area contributed by atoms with E-state index in [-0.39, 0.29) is 23.7 Å². The van der Waals surface area contributed by atoms with Crippen LogP contribution >= 0.6 is 23.4 Å². The van der Waals surface area contributed by atoms with Crippen molar-refractivity contribution >= 4 is 46.7 Å².